The standard InChI is InChI=1S/C11H16N2O3/c1-14-10-6-11(13-7-9(10)12)16-8-2-4-15-5-3-8/h6-8H,2-5,12H2,1H3. The summed E-state index contributed by atoms with van der Waals surface area (Å²) in [5.41, 5.74) is 6.19. The van der Waals surface area contributed by atoms with Gasteiger partial charge in [-0.3, -0.25) is 0 Å². The monoisotopic (exact) mass is 224 g/mol. The summed E-state index contributed by atoms with van der Waals surface area (Å²) in [4.78, 5) is 4.11. The summed E-state index contributed by atoms with van der Waals surface area (Å²) >= 11 is 0. The molecule has 1 saturated heterocycles. The minimum Gasteiger partial charge on any atom is -0.494 e. The van der Waals surface area contributed by atoms with Gasteiger partial charge in [0.25, 0.3) is 0 Å². The summed E-state index contributed by atoms with van der Waals surface area (Å²) in [6.07, 6.45) is 3.52. The number of rotatable bonds is 3. The van der Waals surface area contributed by atoms with E-state index in [0.29, 0.717) is 17.3 Å². The Morgan fingerprint density at radius 1 is 1.44 bits per heavy atom. The van der Waals surface area contributed by atoms with E-state index in [1.807, 2.05) is 0 Å². The molecule has 0 aromatic carbocycles. The van der Waals surface area contributed by atoms with Crippen LogP contribution in [0.3, 0.4) is 0 Å². The second-order valence-electron chi connectivity index (χ2n) is 3.69. The lowest BCUT2D eigenvalue weighted by molar-refractivity contribution is 0.0237. The van der Waals surface area contributed by atoms with E-state index in [9.17, 15) is 0 Å². The van der Waals surface area contributed by atoms with Gasteiger partial charge in [-0.25, -0.2) is 4.98 Å². The molecule has 16 heavy (non-hydrogen) atoms. The quantitative estimate of drug-likeness (QED) is 0.836. The van der Waals surface area contributed by atoms with E-state index in [1.54, 1.807) is 19.4 Å². The topological polar surface area (TPSA) is 66.6 Å². The molecule has 0 radical (unpaired) electrons. The molecule has 0 spiro atoms. The van der Waals surface area contributed by atoms with Crippen molar-refractivity contribution in [2.24, 2.45) is 0 Å². The van der Waals surface area contributed by atoms with E-state index in [4.69, 9.17) is 19.9 Å². The first-order valence-corrected chi connectivity index (χ1v) is 5.33. The maximum absolute atomic E-state index is 5.73. The van der Waals surface area contributed by atoms with E-state index in [1.165, 1.54) is 0 Å². The molecule has 1 aromatic heterocycles. The average Bonchev–Trinajstić information content (AvgIpc) is 2.33. The fraction of sp³-hybridized carbons (Fsp3) is 0.545. The predicted molar refractivity (Wildman–Crippen MR) is 59.7 cm³/mol. The van der Waals surface area contributed by atoms with Crippen molar-refractivity contribution in [2.45, 2.75) is 18.9 Å². The van der Waals surface area contributed by atoms with Gasteiger partial charge in [0.15, 0.2) is 0 Å². The zero-order chi connectivity index (χ0) is 11.4. The van der Waals surface area contributed by atoms with E-state index in [2.05, 4.69) is 4.98 Å². The number of nitrogen functional groups attached to an aromatic ring is 1. The van der Waals surface area contributed by atoms with Crippen LogP contribution in [0.25, 0.3) is 0 Å². The van der Waals surface area contributed by atoms with E-state index in [0.717, 1.165) is 26.1 Å². The number of methoxy groups -OCH3 is 1. The van der Waals surface area contributed by atoms with Crippen molar-refractivity contribution in [2.75, 3.05) is 26.1 Å². The lowest BCUT2D eigenvalue weighted by Gasteiger charge is -2.22. The summed E-state index contributed by atoms with van der Waals surface area (Å²) in [5.74, 6) is 1.15. The third-order valence-electron chi connectivity index (χ3n) is 2.55. The molecule has 1 aliphatic heterocycles. The normalized spacial score (nSPS) is 17.1. The van der Waals surface area contributed by atoms with Crippen molar-refractivity contribution in [1.29, 1.82) is 0 Å². The van der Waals surface area contributed by atoms with E-state index < -0.39 is 0 Å². The number of pyridine rings is 1. The molecule has 88 valence electrons. The minimum absolute atomic E-state index is 0.176. The maximum Gasteiger partial charge on any atom is 0.217 e. The number of anilines is 1. The van der Waals surface area contributed by atoms with Crippen molar-refractivity contribution in [3.63, 3.8) is 0 Å². The van der Waals surface area contributed by atoms with Crippen LogP contribution in [0.15, 0.2) is 12.3 Å². The number of hydrogen-bond acceptors (Lipinski definition) is 5. The summed E-state index contributed by atoms with van der Waals surface area (Å²) in [5, 5.41) is 0. The van der Waals surface area contributed by atoms with Gasteiger partial charge >= 0.3 is 0 Å². The van der Waals surface area contributed by atoms with Gasteiger partial charge in [0.1, 0.15) is 11.9 Å². The van der Waals surface area contributed by atoms with Gasteiger partial charge in [0, 0.05) is 18.9 Å². The summed E-state index contributed by atoms with van der Waals surface area (Å²) < 4.78 is 16.1. The van der Waals surface area contributed by atoms with Gasteiger partial charge in [-0.2, -0.15) is 0 Å². The van der Waals surface area contributed by atoms with E-state index >= 15 is 0 Å². The number of ether oxygens (including phenoxy) is 3. The Balaban J connectivity index is 2.03. The first-order chi connectivity index (χ1) is 7.79. The fourth-order valence-electron chi connectivity index (χ4n) is 1.64. The Kier molecular flexibility index (Phi) is 3.46. The third-order valence-corrected chi connectivity index (χ3v) is 2.55. The minimum atomic E-state index is 0.176. The molecule has 0 atom stereocenters. The fourth-order valence-corrected chi connectivity index (χ4v) is 1.64. The van der Waals surface area contributed by atoms with Gasteiger partial charge < -0.3 is 19.9 Å². The van der Waals surface area contributed by atoms with Gasteiger partial charge in [-0.1, -0.05) is 0 Å². The first-order valence-electron chi connectivity index (χ1n) is 5.33. The zero-order valence-electron chi connectivity index (χ0n) is 9.31. The first kappa shape index (κ1) is 11.0. The second kappa shape index (κ2) is 5.03. The summed E-state index contributed by atoms with van der Waals surface area (Å²) in [6, 6.07) is 1.71. The summed E-state index contributed by atoms with van der Waals surface area (Å²) in [7, 11) is 1.57. The van der Waals surface area contributed by atoms with Crippen molar-refractivity contribution in [3.8, 4) is 11.6 Å². The molecule has 1 aliphatic rings. The highest BCUT2D eigenvalue weighted by Crippen LogP contribution is 2.25. The van der Waals surface area contributed by atoms with Crippen molar-refractivity contribution >= 4 is 5.69 Å². The Hall–Kier alpha value is -1.49. The molecule has 5 nitrogen and oxygen atoms in total. The highest BCUT2D eigenvalue weighted by atomic mass is 16.5. The van der Waals surface area contributed by atoms with Crippen molar-refractivity contribution in [1.82, 2.24) is 4.98 Å². The van der Waals surface area contributed by atoms with Crippen LogP contribution in [0.1, 0.15) is 12.8 Å². The van der Waals surface area contributed by atoms with Crippen LogP contribution in [0.5, 0.6) is 11.6 Å². The largest absolute Gasteiger partial charge is 0.494 e. The van der Waals surface area contributed by atoms with Crippen molar-refractivity contribution in [3.05, 3.63) is 12.3 Å². The Bertz CT molecular complexity index is 351. The van der Waals surface area contributed by atoms with Crippen molar-refractivity contribution < 1.29 is 14.2 Å². The smallest absolute Gasteiger partial charge is 0.217 e. The molecule has 2 N–H and O–H groups in total. The van der Waals surface area contributed by atoms with Gasteiger partial charge in [0.05, 0.1) is 32.2 Å². The molecule has 0 saturated carbocycles. The lowest BCUT2D eigenvalue weighted by Crippen LogP contribution is -2.26. The van der Waals surface area contributed by atoms with Crippen LogP contribution in [0.2, 0.25) is 0 Å². The zero-order valence-corrected chi connectivity index (χ0v) is 9.31. The molecule has 0 aliphatic carbocycles. The van der Waals surface area contributed by atoms with Gasteiger partial charge in [0.2, 0.25) is 5.88 Å². The van der Waals surface area contributed by atoms with Crippen LogP contribution in [0, 0.1) is 0 Å². The number of hydrogen-bond donors (Lipinski definition) is 1. The Labute approximate surface area is 94.5 Å². The number of nitrogens with two attached hydrogens (primary N) is 1. The molecule has 2 rings (SSSR count). The van der Waals surface area contributed by atoms with Crippen LogP contribution < -0.4 is 15.2 Å². The average molecular weight is 224 g/mol. The highest BCUT2D eigenvalue weighted by molar-refractivity contribution is 5.52. The molecule has 0 amide bonds. The van der Waals surface area contributed by atoms with Crippen LogP contribution in [-0.4, -0.2) is 31.4 Å². The number of aromatic nitrogens is 1. The molecule has 1 fully saturated rings. The molecular formula is C11H16N2O3. The molecule has 2 heterocycles. The lowest BCUT2D eigenvalue weighted by atomic mass is 10.1. The molecule has 5 heteroatoms. The molecule has 0 unspecified atom stereocenters. The highest BCUT2D eigenvalue weighted by Gasteiger charge is 2.16. The molecule has 1 aromatic rings. The Morgan fingerprint density at radius 3 is 2.88 bits per heavy atom. The van der Waals surface area contributed by atoms with Crippen LogP contribution in [0.4, 0.5) is 5.69 Å². The van der Waals surface area contributed by atoms with Gasteiger partial charge in [-0.05, 0) is 0 Å². The number of nitrogens with zero attached hydrogens (tertiary/aromatic N) is 1. The molecule has 0 bridgehead atoms. The summed E-state index contributed by atoms with van der Waals surface area (Å²) in [6.45, 7) is 1.49. The second-order valence-corrected chi connectivity index (χ2v) is 3.69. The SMILES string of the molecule is COc1cc(OC2CCOCC2)ncc1N. The molecular weight excluding hydrogens is 208 g/mol. The van der Waals surface area contributed by atoms with Crippen LogP contribution >= 0.6 is 0 Å². The predicted octanol–water partition coefficient (Wildman–Crippen LogP) is 1.23. The van der Waals surface area contributed by atoms with Crippen LogP contribution in [-0.2, 0) is 4.74 Å². The third kappa shape index (κ3) is 2.55. The van der Waals surface area contributed by atoms with E-state index in [-0.39, 0.29) is 6.10 Å². The van der Waals surface area contributed by atoms with Gasteiger partial charge in [-0.15, -0.1) is 0 Å². The maximum atomic E-state index is 5.73. The Morgan fingerprint density at radius 2 is 2.19 bits per heavy atom.